The summed E-state index contributed by atoms with van der Waals surface area (Å²) in [6.45, 7) is 2.39. The summed E-state index contributed by atoms with van der Waals surface area (Å²) in [4.78, 5) is 11.9. The van der Waals surface area contributed by atoms with Crippen LogP contribution >= 0.6 is 0 Å². The lowest BCUT2D eigenvalue weighted by atomic mass is 10.1. The van der Waals surface area contributed by atoms with Crippen LogP contribution in [-0.2, 0) is 11.3 Å². The average molecular weight is 244 g/mol. The van der Waals surface area contributed by atoms with Gasteiger partial charge in [0.2, 0.25) is 5.91 Å². The van der Waals surface area contributed by atoms with Crippen molar-refractivity contribution in [2.24, 2.45) is 0 Å². The third kappa shape index (κ3) is 1.84. The van der Waals surface area contributed by atoms with Crippen LogP contribution in [0.5, 0.6) is 0 Å². The Morgan fingerprint density at radius 2 is 2.33 bits per heavy atom. The third-order valence-electron chi connectivity index (χ3n) is 2.89. The summed E-state index contributed by atoms with van der Waals surface area (Å²) in [6.07, 6.45) is 0. The van der Waals surface area contributed by atoms with E-state index >= 15 is 0 Å². The van der Waals surface area contributed by atoms with E-state index in [0.717, 1.165) is 16.8 Å². The Hall–Kier alpha value is -2.28. The van der Waals surface area contributed by atoms with E-state index in [9.17, 15) is 4.79 Å². The molecule has 2 heterocycles. The molecule has 0 radical (unpaired) electrons. The molecule has 0 saturated heterocycles. The number of fused-ring (bicyclic) bond motifs is 1. The summed E-state index contributed by atoms with van der Waals surface area (Å²) in [5.74, 6) is 0.475. The van der Waals surface area contributed by atoms with Crippen LogP contribution in [-0.4, -0.2) is 26.5 Å². The smallest absolute Gasteiger partial charge is 0.246 e. The zero-order chi connectivity index (χ0) is 12.5. The van der Waals surface area contributed by atoms with Crippen LogP contribution in [0.4, 0.5) is 5.69 Å². The van der Waals surface area contributed by atoms with Crippen LogP contribution in [0.1, 0.15) is 23.0 Å². The quantitative estimate of drug-likeness (QED) is 0.721. The number of tetrazole rings is 1. The fourth-order valence-electron chi connectivity index (χ4n) is 2.03. The van der Waals surface area contributed by atoms with Gasteiger partial charge < -0.3 is 5.32 Å². The maximum atomic E-state index is 11.9. The van der Waals surface area contributed by atoms with Gasteiger partial charge in [0.25, 0.3) is 0 Å². The Kier molecular flexibility index (Phi) is 2.52. The fourth-order valence-corrected chi connectivity index (χ4v) is 2.03. The first kappa shape index (κ1) is 10.8. The second-order valence-electron chi connectivity index (χ2n) is 4.22. The van der Waals surface area contributed by atoms with Gasteiger partial charge in [-0.05, 0) is 13.0 Å². The van der Waals surface area contributed by atoms with Crippen molar-refractivity contribution in [1.82, 2.24) is 25.9 Å². The lowest BCUT2D eigenvalue weighted by Crippen LogP contribution is -2.27. The van der Waals surface area contributed by atoms with Gasteiger partial charge >= 0.3 is 0 Å². The number of carbonyl (C=O) groups excluding carboxylic acids is 1. The molecule has 7 nitrogen and oxygen atoms in total. The monoisotopic (exact) mass is 244 g/mol. The number of aromatic nitrogens is 4. The number of carbonyl (C=O) groups is 1. The van der Waals surface area contributed by atoms with Crippen molar-refractivity contribution in [3.63, 3.8) is 0 Å². The topological polar surface area (TPSA) is 95.6 Å². The molecular weight excluding hydrogens is 232 g/mol. The highest BCUT2D eigenvalue weighted by Gasteiger charge is 2.30. The molecule has 92 valence electrons. The maximum Gasteiger partial charge on any atom is 0.246 e. The van der Waals surface area contributed by atoms with Gasteiger partial charge in [0.15, 0.2) is 5.82 Å². The van der Waals surface area contributed by atoms with Gasteiger partial charge in [-0.2, -0.15) is 5.21 Å². The van der Waals surface area contributed by atoms with Crippen molar-refractivity contribution in [1.29, 1.82) is 0 Å². The largest absolute Gasteiger partial charge is 0.324 e. The third-order valence-corrected chi connectivity index (χ3v) is 2.89. The zero-order valence-corrected chi connectivity index (χ0v) is 9.77. The van der Waals surface area contributed by atoms with E-state index < -0.39 is 0 Å². The molecule has 7 heteroatoms. The number of anilines is 1. The number of nitrogens with zero attached hydrogens (tertiary/aromatic N) is 3. The minimum atomic E-state index is -0.363. The van der Waals surface area contributed by atoms with Crippen molar-refractivity contribution in [2.75, 3.05) is 5.32 Å². The summed E-state index contributed by atoms with van der Waals surface area (Å²) in [6, 6.07) is 5.53. The molecule has 1 aromatic heterocycles. The Balaban J connectivity index is 1.80. The van der Waals surface area contributed by atoms with E-state index in [0.29, 0.717) is 12.4 Å². The molecule has 1 amide bonds. The molecule has 0 fully saturated rings. The minimum absolute atomic E-state index is 0.0564. The highest BCUT2D eigenvalue weighted by Crippen LogP contribution is 2.31. The second-order valence-corrected chi connectivity index (χ2v) is 4.22. The van der Waals surface area contributed by atoms with Gasteiger partial charge in [-0.1, -0.05) is 22.9 Å². The summed E-state index contributed by atoms with van der Waals surface area (Å²) < 4.78 is 0. The molecule has 0 spiro atoms. The van der Waals surface area contributed by atoms with Gasteiger partial charge in [-0.25, -0.2) is 0 Å². The van der Waals surface area contributed by atoms with Crippen molar-refractivity contribution in [3.05, 3.63) is 35.2 Å². The Morgan fingerprint density at radius 1 is 1.44 bits per heavy atom. The first-order valence-electron chi connectivity index (χ1n) is 5.61. The first-order chi connectivity index (χ1) is 8.74. The van der Waals surface area contributed by atoms with Crippen LogP contribution in [0.25, 0.3) is 0 Å². The summed E-state index contributed by atoms with van der Waals surface area (Å²) in [7, 11) is 0. The summed E-state index contributed by atoms with van der Waals surface area (Å²) in [5.41, 5.74) is 2.94. The number of aromatic amines is 1. The van der Waals surface area contributed by atoms with Crippen LogP contribution in [0, 0.1) is 6.92 Å². The van der Waals surface area contributed by atoms with E-state index in [1.807, 2.05) is 25.1 Å². The van der Waals surface area contributed by atoms with E-state index in [2.05, 4.69) is 31.3 Å². The van der Waals surface area contributed by atoms with Gasteiger partial charge in [-0.15, -0.1) is 10.2 Å². The molecule has 1 aliphatic rings. The number of benzene rings is 1. The Bertz CT molecular complexity index is 579. The van der Waals surface area contributed by atoms with Gasteiger partial charge in [0, 0.05) is 11.3 Å². The first-order valence-corrected chi connectivity index (χ1v) is 5.61. The van der Waals surface area contributed by atoms with Crippen molar-refractivity contribution >= 4 is 11.6 Å². The molecule has 0 saturated carbocycles. The SMILES string of the molecule is Cc1ccc2c(c1)C(NCc1nn[nH]n1)C(=O)N2. The highest BCUT2D eigenvalue weighted by atomic mass is 16.2. The number of rotatable bonds is 3. The van der Waals surface area contributed by atoms with E-state index in [1.54, 1.807) is 0 Å². The Labute approximate surface area is 103 Å². The molecule has 1 unspecified atom stereocenters. The molecule has 3 rings (SSSR count). The predicted molar refractivity (Wildman–Crippen MR) is 63.6 cm³/mol. The lowest BCUT2D eigenvalue weighted by molar-refractivity contribution is -0.117. The molecule has 2 aromatic rings. The number of aryl methyl sites for hydroxylation is 1. The lowest BCUT2D eigenvalue weighted by Gasteiger charge is -2.09. The molecule has 18 heavy (non-hydrogen) atoms. The molecule has 3 N–H and O–H groups in total. The van der Waals surface area contributed by atoms with Crippen LogP contribution in [0.2, 0.25) is 0 Å². The summed E-state index contributed by atoms with van der Waals surface area (Å²) in [5, 5.41) is 19.5. The van der Waals surface area contributed by atoms with Crippen molar-refractivity contribution in [3.8, 4) is 0 Å². The normalized spacial score (nSPS) is 17.6. The van der Waals surface area contributed by atoms with Gasteiger partial charge in [0.05, 0.1) is 6.54 Å². The Morgan fingerprint density at radius 3 is 3.11 bits per heavy atom. The predicted octanol–water partition coefficient (Wildman–Crippen LogP) is 0.291. The molecule has 1 atom stereocenters. The van der Waals surface area contributed by atoms with Gasteiger partial charge in [-0.3, -0.25) is 10.1 Å². The molecule has 1 aliphatic heterocycles. The van der Waals surface area contributed by atoms with Crippen molar-refractivity contribution < 1.29 is 4.79 Å². The molecule has 0 aliphatic carbocycles. The molecule has 1 aromatic carbocycles. The molecular formula is C11H12N6O. The number of hydrogen-bond acceptors (Lipinski definition) is 5. The van der Waals surface area contributed by atoms with Crippen LogP contribution in [0.15, 0.2) is 18.2 Å². The van der Waals surface area contributed by atoms with Crippen molar-refractivity contribution in [2.45, 2.75) is 19.5 Å². The van der Waals surface area contributed by atoms with Crippen LogP contribution in [0.3, 0.4) is 0 Å². The fraction of sp³-hybridized carbons (Fsp3) is 0.273. The average Bonchev–Trinajstić information content (AvgIpc) is 2.94. The number of hydrogen-bond donors (Lipinski definition) is 3. The second kappa shape index (κ2) is 4.19. The zero-order valence-electron chi connectivity index (χ0n) is 9.77. The number of nitrogens with one attached hydrogen (secondary N) is 3. The van der Waals surface area contributed by atoms with Gasteiger partial charge in [0.1, 0.15) is 6.04 Å². The van der Waals surface area contributed by atoms with E-state index in [1.165, 1.54) is 0 Å². The standard InChI is InChI=1S/C11H12N6O/c1-6-2-3-8-7(4-6)10(11(18)13-8)12-5-9-14-16-17-15-9/h2-4,10,12H,5H2,1H3,(H,13,18)(H,14,15,16,17). The number of H-pyrrole nitrogens is 1. The van der Waals surface area contributed by atoms with Crippen LogP contribution < -0.4 is 10.6 Å². The minimum Gasteiger partial charge on any atom is -0.324 e. The van der Waals surface area contributed by atoms with E-state index in [4.69, 9.17) is 0 Å². The molecule has 0 bridgehead atoms. The maximum absolute atomic E-state index is 11.9. The summed E-state index contributed by atoms with van der Waals surface area (Å²) >= 11 is 0. The number of amides is 1. The highest BCUT2D eigenvalue weighted by molar-refractivity contribution is 6.02. The van der Waals surface area contributed by atoms with E-state index in [-0.39, 0.29) is 11.9 Å².